The van der Waals surface area contributed by atoms with Gasteiger partial charge in [0.1, 0.15) is 49.9 Å². The van der Waals surface area contributed by atoms with Crippen LogP contribution in [0.15, 0.2) is 29.1 Å². The number of rotatable bonds is 4. The molecule has 2 aliphatic rings. The van der Waals surface area contributed by atoms with E-state index in [4.69, 9.17) is 4.98 Å². The molecule has 5 rings (SSSR count). The van der Waals surface area contributed by atoms with Crippen LogP contribution in [0.5, 0.6) is 0 Å². The lowest BCUT2D eigenvalue weighted by Gasteiger charge is -2.29. The van der Waals surface area contributed by atoms with Crippen LogP contribution in [-0.4, -0.2) is 36.1 Å². The van der Waals surface area contributed by atoms with Crippen LogP contribution < -0.4 is 15.4 Å². The van der Waals surface area contributed by atoms with E-state index in [2.05, 4.69) is 4.98 Å². The van der Waals surface area contributed by atoms with Gasteiger partial charge in [0, 0.05) is 10.4 Å². The van der Waals surface area contributed by atoms with Crippen LogP contribution in [0.2, 0.25) is 0 Å². The molecule has 1 fully saturated rings. The molecule has 1 aliphatic heterocycles. The Kier molecular flexibility index (Phi) is 5.20. The maximum Gasteiger partial charge on any atom is 0.260 e. The lowest BCUT2D eigenvalue weighted by atomic mass is 9.97. The smallest absolute Gasteiger partial charge is 0.260 e. The molecule has 7 heteroatoms. The molecule has 2 aromatic heterocycles. The molecule has 152 valence electrons. The molecule has 3 N–H and O–H groups in total. The number of H-pyrrole nitrogens is 1. The van der Waals surface area contributed by atoms with Crippen molar-refractivity contribution >= 4 is 21.6 Å². The third-order valence-electron chi connectivity index (χ3n) is 6.30. The van der Waals surface area contributed by atoms with Gasteiger partial charge in [0.2, 0.25) is 0 Å². The van der Waals surface area contributed by atoms with Crippen molar-refractivity contribution in [2.45, 2.75) is 38.8 Å². The minimum Gasteiger partial charge on any atom is -0.322 e. The third kappa shape index (κ3) is 3.99. The van der Waals surface area contributed by atoms with Gasteiger partial charge in [0.15, 0.2) is 5.82 Å². The number of quaternary nitrogens is 2. The molecule has 1 aromatic carbocycles. The van der Waals surface area contributed by atoms with Gasteiger partial charge in [-0.2, -0.15) is 0 Å². The molecule has 0 spiro atoms. The second-order valence-electron chi connectivity index (χ2n) is 8.39. The monoisotopic (exact) mass is 414 g/mol. The molecule has 0 unspecified atom stereocenters. The van der Waals surface area contributed by atoms with Crippen molar-refractivity contribution in [1.29, 1.82) is 0 Å². The van der Waals surface area contributed by atoms with Gasteiger partial charge in [-0.05, 0) is 43.4 Å². The summed E-state index contributed by atoms with van der Waals surface area (Å²) >= 11 is 1.72. The van der Waals surface area contributed by atoms with Gasteiger partial charge in [0.25, 0.3) is 5.56 Å². The van der Waals surface area contributed by atoms with E-state index in [0.717, 1.165) is 73.7 Å². The standard InChI is InChI=1S/C22H25FN4OS/c23-16-5-3-4-15(12-16)13-26-8-10-27(11-9-26)14-19-24-21(28)20-17-6-1-2-7-18(17)29-22(20)25-19/h3-5,12H,1-2,6-11,13-14H2,(H,24,25,28)/p+2. The summed E-state index contributed by atoms with van der Waals surface area (Å²) in [5.41, 5.74) is 2.35. The van der Waals surface area contributed by atoms with Crippen molar-refractivity contribution in [3.05, 3.63) is 62.3 Å². The zero-order chi connectivity index (χ0) is 19.8. The van der Waals surface area contributed by atoms with Crippen LogP contribution in [0.4, 0.5) is 4.39 Å². The van der Waals surface area contributed by atoms with Crippen molar-refractivity contribution < 1.29 is 14.2 Å². The third-order valence-corrected chi connectivity index (χ3v) is 7.48. The number of nitrogens with zero attached hydrogens (tertiary/aromatic N) is 1. The maximum absolute atomic E-state index is 13.4. The van der Waals surface area contributed by atoms with E-state index < -0.39 is 0 Å². The van der Waals surface area contributed by atoms with E-state index >= 15 is 0 Å². The normalized spacial score (nSPS) is 22.0. The van der Waals surface area contributed by atoms with E-state index in [0.29, 0.717) is 0 Å². The highest BCUT2D eigenvalue weighted by Gasteiger charge is 2.25. The number of hydrogen-bond donors (Lipinski definition) is 3. The quantitative estimate of drug-likeness (QED) is 0.582. The first-order valence-corrected chi connectivity index (χ1v) is 11.4. The molecule has 1 aliphatic carbocycles. The molecule has 3 heterocycles. The largest absolute Gasteiger partial charge is 0.322 e. The number of aryl methyl sites for hydroxylation is 2. The highest BCUT2D eigenvalue weighted by Crippen LogP contribution is 2.33. The van der Waals surface area contributed by atoms with Gasteiger partial charge in [-0.3, -0.25) is 4.79 Å². The number of hydrogen-bond acceptors (Lipinski definition) is 3. The summed E-state index contributed by atoms with van der Waals surface area (Å²) in [5.74, 6) is 0.650. The van der Waals surface area contributed by atoms with Crippen molar-refractivity contribution in [2.24, 2.45) is 0 Å². The topological polar surface area (TPSA) is 54.6 Å². The number of aromatic nitrogens is 2. The summed E-state index contributed by atoms with van der Waals surface area (Å²) in [6, 6.07) is 6.91. The van der Waals surface area contributed by atoms with Crippen LogP contribution in [0.3, 0.4) is 0 Å². The molecule has 3 aromatic rings. The Bertz CT molecular complexity index is 1080. The fraction of sp³-hybridized carbons (Fsp3) is 0.455. The molecular weight excluding hydrogens is 387 g/mol. The number of thiophene rings is 1. The summed E-state index contributed by atoms with van der Waals surface area (Å²) < 4.78 is 13.4. The van der Waals surface area contributed by atoms with E-state index in [1.54, 1.807) is 23.5 Å². The lowest BCUT2D eigenvalue weighted by molar-refractivity contribution is -1.02. The highest BCUT2D eigenvalue weighted by molar-refractivity contribution is 7.18. The molecule has 5 nitrogen and oxygen atoms in total. The van der Waals surface area contributed by atoms with Gasteiger partial charge in [-0.15, -0.1) is 11.3 Å². The predicted molar refractivity (Wildman–Crippen MR) is 112 cm³/mol. The van der Waals surface area contributed by atoms with E-state index in [1.807, 2.05) is 6.07 Å². The second-order valence-corrected chi connectivity index (χ2v) is 9.47. The van der Waals surface area contributed by atoms with Crippen LogP contribution in [0, 0.1) is 5.82 Å². The Labute approximate surface area is 173 Å². The predicted octanol–water partition coefficient (Wildman–Crippen LogP) is 0.486. The van der Waals surface area contributed by atoms with Crippen molar-refractivity contribution in [2.75, 3.05) is 26.2 Å². The Morgan fingerprint density at radius 3 is 2.62 bits per heavy atom. The summed E-state index contributed by atoms with van der Waals surface area (Å²) in [4.78, 5) is 25.8. The summed E-state index contributed by atoms with van der Waals surface area (Å²) in [6.45, 7) is 5.80. The zero-order valence-electron chi connectivity index (χ0n) is 16.5. The Morgan fingerprint density at radius 1 is 1.07 bits per heavy atom. The van der Waals surface area contributed by atoms with Crippen molar-refractivity contribution in [3.8, 4) is 0 Å². The highest BCUT2D eigenvalue weighted by atomic mass is 32.1. The lowest BCUT2D eigenvalue weighted by Crippen LogP contribution is -3.27. The number of aromatic amines is 1. The molecule has 1 saturated heterocycles. The number of benzene rings is 1. The summed E-state index contributed by atoms with van der Waals surface area (Å²) in [6.07, 6.45) is 4.50. The molecule has 0 radical (unpaired) electrons. The molecule has 0 bridgehead atoms. The van der Waals surface area contributed by atoms with Crippen LogP contribution in [0.1, 0.15) is 34.7 Å². The first kappa shape index (κ1) is 18.9. The average molecular weight is 415 g/mol. The van der Waals surface area contributed by atoms with E-state index in [9.17, 15) is 9.18 Å². The minimum atomic E-state index is -0.160. The van der Waals surface area contributed by atoms with Crippen molar-refractivity contribution in [1.82, 2.24) is 9.97 Å². The van der Waals surface area contributed by atoms with E-state index in [-0.39, 0.29) is 11.4 Å². The summed E-state index contributed by atoms with van der Waals surface area (Å²) in [5, 5.41) is 0.841. The van der Waals surface area contributed by atoms with Crippen molar-refractivity contribution in [3.63, 3.8) is 0 Å². The zero-order valence-corrected chi connectivity index (χ0v) is 17.3. The Balaban J connectivity index is 1.24. The maximum atomic E-state index is 13.4. The summed E-state index contributed by atoms with van der Waals surface area (Å²) in [7, 11) is 0. The Hall–Kier alpha value is -2.09. The Morgan fingerprint density at radius 2 is 1.83 bits per heavy atom. The average Bonchev–Trinajstić information content (AvgIpc) is 3.08. The van der Waals surface area contributed by atoms with Crippen LogP contribution in [0.25, 0.3) is 10.2 Å². The molecule has 0 atom stereocenters. The number of fused-ring (bicyclic) bond motifs is 3. The van der Waals surface area contributed by atoms with E-state index in [1.165, 1.54) is 39.1 Å². The van der Waals surface area contributed by atoms with Gasteiger partial charge in [-0.1, -0.05) is 12.1 Å². The fourth-order valence-electron chi connectivity index (χ4n) is 4.78. The molecule has 0 saturated carbocycles. The molecule has 0 amide bonds. The van der Waals surface area contributed by atoms with Crippen LogP contribution in [-0.2, 0) is 25.9 Å². The molecular formula is C22H27FN4OS+2. The fourth-order valence-corrected chi connectivity index (χ4v) is 6.06. The second kappa shape index (κ2) is 7.97. The molecule has 29 heavy (non-hydrogen) atoms. The number of nitrogens with one attached hydrogen (secondary N) is 3. The van der Waals surface area contributed by atoms with Gasteiger partial charge >= 0.3 is 0 Å². The van der Waals surface area contributed by atoms with Gasteiger partial charge < -0.3 is 14.8 Å². The number of halogens is 1. The van der Waals surface area contributed by atoms with Crippen LogP contribution >= 0.6 is 11.3 Å². The first-order valence-electron chi connectivity index (χ1n) is 10.6. The van der Waals surface area contributed by atoms with Gasteiger partial charge in [-0.25, -0.2) is 9.37 Å². The minimum absolute atomic E-state index is 0.0409. The number of piperazine rings is 1. The SMILES string of the molecule is O=c1[nH]c(C[NH+]2CC[NH+](Cc3cccc(F)c3)CC2)nc2sc3c(c12)CCCC3. The first-order chi connectivity index (χ1) is 14.2. The van der Waals surface area contributed by atoms with Gasteiger partial charge in [0.05, 0.1) is 5.39 Å².